The van der Waals surface area contributed by atoms with Crippen molar-refractivity contribution < 1.29 is 18.0 Å². The summed E-state index contributed by atoms with van der Waals surface area (Å²) in [7, 11) is 0. The highest BCUT2D eigenvalue weighted by atomic mass is 32.1. The Morgan fingerprint density at radius 1 is 1.23 bits per heavy atom. The zero-order chi connectivity index (χ0) is 21.7. The highest BCUT2D eigenvalue weighted by Crippen LogP contribution is 2.26. The molecule has 1 saturated heterocycles. The molecule has 0 aromatic carbocycles. The molecule has 30 heavy (non-hydrogen) atoms. The molecule has 2 aliphatic rings. The van der Waals surface area contributed by atoms with Crippen molar-refractivity contribution >= 4 is 23.2 Å². The van der Waals surface area contributed by atoms with Crippen molar-refractivity contribution in [1.82, 2.24) is 20.0 Å². The summed E-state index contributed by atoms with van der Waals surface area (Å²) in [5.41, 5.74) is 1.24. The van der Waals surface area contributed by atoms with Crippen molar-refractivity contribution in [3.05, 3.63) is 21.9 Å². The Bertz CT molecular complexity index is 743. The average Bonchev–Trinajstić information content (AvgIpc) is 3.20. The summed E-state index contributed by atoms with van der Waals surface area (Å²) in [5.74, 6) is 0.763. The van der Waals surface area contributed by atoms with Crippen LogP contribution in [-0.2, 0) is 17.8 Å². The fourth-order valence-electron chi connectivity index (χ4n) is 3.83. The highest BCUT2D eigenvalue weighted by molar-refractivity contribution is 7.10. The van der Waals surface area contributed by atoms with Crippen LogP contribution in [-0.4, -0.2) is 84.6 Å². The molecular formula is C20H30F3N5OS. The number of halogens is 3. The second-order valence-electron chi connectivity index (χ2n) is 7.66. The molecule has 1 fully saturated rings. The van der Waals surface area contributed by atoms with Crippen LogP contribution in [0.25, 0.3) is 0 Å². The molecule has 0 radical (unpaired) electrons. The minimum absolute atomic E-state index is 0.0928. The van der Waals surface area contributed by atoms with Crippen LogP contribution in [0.3, 0.4) is 0 Å². The van der Waals surface area contributed by atoms with E-state index in [2.05, 4.69) is 21.8 Å². The van der Waals surface area contributed by atoms with Crippen molar-refractivity contribution in [3.8, 4) is 0 Å². The van der Waals surface area contributed by atoms with Gasteiger partial charge in [-0.05, 0) is 37.3 Å². The van der Waals surface area contributed by atoms with E-state index in [0.717, 1.165) is 13.0 Å². The van der Waals surface area contributed by atoms with Gasteiger partial charge in [-0.25, -0.2) is 0 Å². The Hall–Kier alpha value is -1.81. The summed E-state index contributed by atoms with van der Waals surface area (Å²) in [4.78, 5) is 23.8. The first-order valence-electron chi connectivity index (χ1n) is 10.5. The summed E-state index contributed by atoms with van der Waals surface area (Å²) in [5, 5.41) is 5.27. The Labute approximate surface area is 179 Å². The van der Waals surface area contributed by atoms with E-state index in [9.17, 15) is 18.0 Å². The number of carbonyl (C=O) groups is 1. The molecule has 1 atom stereocenters. The number of hydrogen-bond donors (Lipinski definition) is 1. The van der Waals surface area contributed by atoms with Gasteiger partial charge in [0, 0.05) is 57.1 Å². The number of carbonyl (C=O) groups excluding carboxylic acids is 1. The van der Waals surface area contributed by atoms with E-state index in [4.69, 9.17) is 0 Å². The predicted molar refractivity (Wildman–Crippen MR) is 113 cm³/mol. The maximum absolute atomic E-state index is 12.9. The van der Waals surface area contributed by atoms with Gasteiger partial charge in [-0.15, -0.1) is 11.3 Å². The molecule has 10 heteroatoms. The van der Waals surface area contributed by atoms with E-state index in [1.165, 1.54) is 22.3 Å². The second kappa shape index (κ2) is 10.00. The normalized spacial score (nSPS) is 19.6. The number of hydrogen-bond acceptors (Lipinski definition) is 4. The van der Waals surface area contributed by atoms with E-state index >= 15 is 0 Å². The van der Waals surface area contributed by atoms with E-state index < -0.39 is 12.2 Å². The number of nitrogens with one attached hydrogen (secondary N) is 1. The molecule has 1 unspecified atom stereocenters. The summed E-state index contributed by atoms with van der Waals surface area (Å²) in [6, 6.07) is 0.644. The van der Waals surface area contributed by atoms with Gasteiger partial charge in [-0.3, -0.25) is 14.7 Å². The molecule has 1 aromatic heterocycles. The smallest absolute Gasteiger partial charge is 0.357 e. The summed E-state index contributed by atoms with van der Waals surface area (Å²) in [6.07, 6.45) is -2.97. The standard InChI is InChI=1S/C20H30F3N5OS/c1-3-24-19(27-11-9-26(10-12-27)15(2)20(21,22)23)25-7-4-18(29)28-8-5-17-16(14-28)6-13-30-17/h6,13,15H,3-5,7-12,14H2,1-2H3,(H,24,25). The second-order valence-corrected chi connectivity index (χ2v) is 8.66. The van der Waals surface area contributed by atoms with E-state index in [-0.39, 0.29) is 5.91 Å². The van der Waals surface area contributed by atoms with E-state index in [1.807, 2.05) is 16.7 Å². The molecule has 0 bridgehead atoms. The van der Waals surface area contributed by atoms with Crippen LogP contribution in [0, 0.1) is 0 Å². The molecular weight excluding hydrogens is 415 g/mol. The van der Waals surface area contributed by atoms with Gasteiger partial charge in [-0.2, -0.15) is 13.2 Å². The van der Waals surface area contributed by atoms with Crippen LogP contribution < -0.4 is 5.32 Å². The molecule has 0 spiro atoms. The first kappa shape index (κ1) is 22.9. The molecule has 3 rings (SSSR count). The molecule has 2 aliphatic heterocycles. The maximum atomic E-state index is 12.9. The fraction of sp³-hybridized carbons (Fsp3) is 0.700. The van der Waals surface area contributed by atoms with Gasteiger partial charge in [0.1, 0.15) is 6.04 Å². The number of alkyl halides is 3. The van der Waals surface area contributed by atoms with Crippen LogP contribution in [0.15, 0.2) is 16.4 Å². The summed E-state index contributed by atoms with van der Waals surface area (Å²) < 4.78 is 38.8. The minimum atomic E-state index is -4.21. The molecule has 0 aliphatic carbocycles. The lowest BCUT2D eigenvalue weighted by atomic mass is 10.1. The Kier molecular flexibility index (Phi) is 7.62. The monoisotopic (exact) mass is 445 g/mol. The van der Waals surface area contributed by atoms with Crippen LogP contribution in [0.4, 0.5) is 13.2 Å². The van der Waals surface area contributed by atoms with Gasteiger partial charge in [0.25, 0.3) is 0 Å². The van der Waals surface area contributed by atoms with Gasteiger partial charge >= 0.3 is 6.18 Å². The number of rotatable bonds is 5. The van der Waals surface area contributed by atoms with Gasteiger partial charge in [-0.1, -0.05) is 0 Å². The first-order chi connectivity index (χ1) is 14.3. The minimum Gasteiger partial charge on any atom is -0.357 e. The number of piperazine rings is 1. The zero-order valence-corrected chi connectivity index (χ0v) is 18.4. The average molecular weight is 446 g/mol. The zero-order valence-electron chi connectivity index (χ0n) is 17.5. The third-order valence-corrected chi connectivity index (χ3v) is 6.74. The van der Waals surface area contributed by atoms with Gasteiger partial charge < -0.3 is 15.1 Å². The molecule has 3 heterocycles. The Balaban J connectivity index is 1.50. The number of thiophene rings is 1. The molecule has 6 nitrogen and oxygen atoms in total. The lowest BCUT2D eigenvalue weighted by Gasteiger charge is -2.39. The Morgan fingerprint density at radius 3 is 2.63 bits per heavy atom. The highest BCUT2D eigenvalue weighted by Gasteiger charge is 2.41. The van der Waals surface area contributed by atoms with Crippen molar-refractivity contribution in [2.45, 2.75) is 45.5 Å². The van der Waals surface area contributed by atoms with Crippen LogP contribution in [0.1, 0.15) is 30.7 Å². The van der Waals surface area contributed by atoms with E-state index in [0.29, 0.717) is 58.2 Å². The predicted octanol–water partition coefficient (Wildman–Crippen LogP) is 2.56. The molecule has 1 amide bonds. The van der Waals surface area contributed by atoms with Crippen LogP contribution in [0.5, 0.6) is 0 Å². The third-order valence-electron chi connectivity index (χ3n) is 5.72. The van der Waals surface area contributed by atoms with Crippen LogP contribution in [0.2, 0.25) is 0 Å². The number of nitrogens with zero attached hydrogens (tertiary/aromatic N) is 4. The van der Waals surface area contributed by atoms with Crippen molar-refractivity contribution in [1.29, 1.82) is 0 Å². The quantitative estimate of drug-likeness (QED) is 0.559. The van der Waals surface area contributed by atoms with Crippen molar-refractivity contribution in [3.63, 3.8) is 0 Å². The van der Waals surface area contributed by atoms with Gasteiger partial charge in [0.2, 0.25) is 5.91 Å². The van der Waals surface area contributed by atoms with Gasteiger partial charge in [0.05, 0.1) is 6.54 Å². The van der Waals surface area contributed by atoms with Crippen molar-refractivity contribution in [2.75, 3.05) is 45.8 Å². The number of fused-ring (bicyclic) bond motifs is 1. The first-order valence-corrected chi connectivity index (χ1v) is 11.3. The molecule has 1 N–H and O–H groups in total. The van der Waals surface area contributed by atoms with Crippen molar-refractivity contribution in [2.24, 2.45) is 4.99 Å². The summed E-state index contributed by atoms with van der Waals surface area (Å²) in [6.45, 7) is 7.24. The number of guanidine groups is 1. The summed E-state index contributed by atoms with van der Waals surface area (Å²) >= 11 is 1.75. The Morgan fingerprint density at radius 2 is 1.97 bits per heavy atom. The number of aliphatic imine (C=N–C) groups is 1. The lowest BCUT2D eigenvalue weighted by Crippen LogP contribution is -2.56. The maximum Gasteiger partial charge on any atom is 0.403 e. The fourth-order valence-corrected chi connectivity index (χ4v) is 4.72. The van der Waals surface area contributed by atoms with Crippen LogP contribution >= 0.6 is 11.3 Å². The molecule has 168 valence electrons. The number of amides is 1. The van der Waals surface area contributed by atoms with E-state index in [1.54, 1.807) is 11.3 Å². The molecule has 1 aromatic rings. The topological polar surface area (TPSA) is 51.2 Å². The molecule has 0 saturated carbocycles. The lowest BCUT2D eigenvalue weighted by molar-refractivity contribution is -0.181. The van der Waals surface area contributed by atoms with Gasteiger partial charge in [0.15, 0.2) is 5.96 Å². The third kappa shape index (κ3) is 5.66. The largest absolute Gasteiger partial charge is 0.403 e. The SMILES string of the molecule is CCNC(=NCCC(=O)N1CCc2sccc2C1)N1CCN(C(C)C(F)(F)F)CC1.